The summed E-state index contributed by atoms with van der Waals surface area (Å²) in [7, 11) is 0. The number of nitrogens with zero attached hydrogens (tertiary/aromatic N) is 3. The number of nitrogens with one attached hydrogen (secondary N) is 14. The lowest BCUT2D eigenvalue weighted by Crippen LogP contribution is -2.61. The molecule has 0 aliphatic carbocycles. The zero-order valence-corrected chi connectivity index (χ0v) is 67.9. The van der Waals surface area contributed by atoms with E-state index in [2.05, 4.69) is 78.8 Å². The molecule has 7 rings (SSSR count). The molecule has 638 valence electrons. The number of para-hydroxylation sites is 2. The van der Waals surface area contributed by atoms with Crippen LogP contribution in [0.5, 0.6) is 0 Å². The van der Waals surface area contributed by atoms with E-state index in [9.17, 15) is 78.0 Å². The first kappa shape index (κ1) is 92.7. The van der Waals surface area contributed by atoms with Gasteiger partial charge in [-0.1, -0.05) is 77.9 Å². The Balaban J connectivity index is 1.04. The minimum absolute atomic E-state index is 0.00745. The summed E-state index contributed by atoms with van der Waals surface area (Å²) in [6.07, 6.45) is 7.28. The third-order valence-corrected chi connectivity index (χ3v) is 21.1. The quantitative estimate of drug-likeness (QED) is 0.0124. The Morgan fingerprint density at radius 2 is 0.879 bits per heavy atom. The van der Waals surface area contributed by atoms with Crippen molar-refractivity contribution in [2.24, 2.45) is 34.2 Å². The Morgan fingerprint density at radius 1 is 0.474 bits per heavy atom. The Bertz CT molecular complexity index is 4110. The largest absolute Gasteiger partial charge is 0.480 e. The smallest absolute Gasteiger partial charge is 0.326 e. The van der Waals surface area contributed by atoms with Crippen molar-refractivity contribution in [2.75, 3.05) is 58.0 Å². The fourth-order valence-corrected chi connectivity index (χ4v) is 14.9. The Labute approximate surface area is 677 Å². The Hall–Kier alpha value is -10.4. The van der Waals surface area contributed by atoms with Gasteiger partial charge in [0.1, 0.15) is 78.5 Å². The number of aliphatic hydroxyl groups excluding tert-OH is 3. The average molecular weight is 1640 g/mol. The van der Waals surface area contributed by atoms with E-state index in [1.54, 1.807) is 88.8 Å². The number of aliphatic carboxylic acids is 1. The molecule has 37 nitrogen and oxygen atoms in total. The van der Waals surface area contributed by atoms with E-state index in [1.807, 2.05) is 19.9 Å². The van der Waals surface area contributed by atoms with Crippen LogP contribution in [0.15, 0.2) is 65.9 Å². The van der Waals surface area contributed by atoms with Gasteiger partial charge in [0.05, 0.1) is 25.9 Å². The van der Waals surface area contributed by atoms with Gasteiger partial charge < -0.3 is 115 Å². The minimum atomic E-state index is -1.75. The van der Waals surface area contributed by atoms with Crippen LogP contribution in [0.4, 0.5) is 0 Å². The molecule has 14 atom stereocenters. The second-order valence-corrected chi connectivity index (χ2v) is 32.0. The number of carbonyl (C=O) groups excluding carboxylic acids is 13. The summed E-state index contributed by atoms with van der Waals surface area (Å²) in [4.78, 5) is 210. The molecular formula is C78H117N19O18S. The molecule has 2 aromatic carbocycles. The van der Waals surface area contributed by atoms with E-state index >= 15 is 9.59 Å². The average Bonchev–Trinajstić information content (AvgIpc) is 1.64. The summed E-state index contributed by atoms with van der Waals surface area (Å²) >= 11 is 1.39. The van der Waals surface area contributed by atoms with E-state index in [4.69, 9.17) is 11.5 Å². The fraction of sp³-hybridized carbons (Fsp3) is 0.603. The van der Waals surface area contributed by atoms with Gasteiger partial charge in [-0.2, -0.15) is 11.8 Å². The van der Waals surface area contributed by atoms with Crippen molar-refractivity contribution in [1.29, 1.82) is 0 Å². The number of aromatic amines is 2. The van der Waals surface area contributed by atoms with Crippen LogP contribution < -0.4 is 75.3 Å². The lowest BCUT2D eigenvalue weighted by Gasteiger charge is -2.31. The van der Waals surface area contributed by atoms with Crippen LogP contribution in [0.2, 0.25) is 0 Å². The summed E-state index contributed by atoms with van der Waals surface area (Å²) in [5, 5.41) is 75.3. The highest BCUT2D eigenvalue weighted by molar-refractivity contribution is 7.98. The molecule has 0 unspecified atom stereocenters. The lowest BCUT2D eigenvalue weighted by molar-refractivity contribution is -0.144. The molecular weight excluding hydrogens is 1520 g/mol. The number of rotatable bonds is 45. The van der Waals surface area contributed by atoms with E-state index in [0.29, 0.717) is 51.7 Å². The van der Waals surface area contributed by atoms with Gasteiger partial charge in [-0.3, -0.25) is 67.3 Å². The van der Waals surface area contributed by atoms with Gasteiger partial charge in [0.15, 0.2) is 5.96 Å². The van der Waals surface area contributed by atoms with Crippen molar-refractivity contribution >= 4 is 122 Å². The number of benzene rings is 2. The van der Waals surface area contributed by atoms with Crippen molar-refractivity contribution in [3.8, 4) is 0 Å². The summed E-state index contributed by atoms with van der Waals surface area (Å²) in [6, 6.07) is -4.48. The monoisotopic (exact) mass is 1640 g/mol. The first-order valence-corrected chi connectivity index (χ1v) is 41.0. The second-order valence-electron chi connectivity index (χ2n) is 31.0. The number of carboxylic acid groups (broad SMARTS) is 1. The number of nitrogens with two attached hydrogens (primary N) is 2. The van der Waals surface area contributed by atoms with Crippen LogP contribution in [-0.2, 0) is 80.0 Å². The van der Waals surface area contributed by atoms with Crippen LogP contribution >= 0.6 is 11.8 Å². The molecule has 0 bridgehead atoms. The number of fused-ring (bicyclic) bond motifs is 2. The SMILES string of the molecule is CSCC[C@H](NC(=O)[C@H](CC(C)C)NC(=O)[C@@H]1CCCN1)C(=O)N[C@@H](CO)C(=O)N[C@@H](Cc1c[nH]c2ccccc12)C(=O)N1CCC[C@H]1C(=O)N[C@@H](Cc1c[nH]c2ccccc12)C(=O)N[C@@H](CO)C(=O)N1CCC[C@H]1C(=O)N[C@@H](CO)C(=O)N[C@@H](C)C(=O)N[C@@H](CC(C)C)C(=O)N[C@@H](CCCN=C(N)N)C(=O)N[C@@H](CC(C)C)C(=O)O. The maximum atomic E-state index is 15.3. The van der Waals surface area contributed by atoms with Gasteiger partial charge in [0.25, 0.3) is 0 Å². The topological polar surface area (TPSA) is 567 Å². The first-order valence-electron chi connectivity index (χ1n) is 39.6. The number of thioether (sulfide) groups is 1. The molecule has 4 aromatic rings. The summed E-state index contributed by atoms with van der Waals surface area (Å²) in [5.41, 5.74) is 13.4. The van der Waals surface area contributed by atoms with Crippen molar-refractivity contribution in [3.05, 3.63) is 72.1 Å². The zero-order valence-electron chi connectivity index (χ0n) is 67.1. The number of aromatic nitrogens is 2. The van der Waals surface area contributed by atoms with Crippen LogP contribution in [0.1, 0.15) is 137 Å². The molecule has 0 spiro atoms. The third kappa shape index (κ3) is 26.8. The number of aliphatic imine (C=N–C) groups is 1. The van der Waals surface area contributed by atoms with Gasteiger partial charge in [-0.15, -0.1) is 0 Å². The third-order valence-electron chi connectivity index (χ3n) is 20.5. The highest BCUT2D eigenvalue weighted by Crippen LogP contribution is 2.26. The highest BCUT2D eigenvalue weighted by Gasteiger charge is 2.44. The maximum absolute atomic E-state index is 15.3. The molecule has 38 heteroatoms. The summed E-state index contributed by atoms with van der Waals surface area (Å²) in [5.74, 6) is -12.2. The van der Waals surface area contributed by atoms with Gasteiger partial charge in [-0.05, 0) is 144 Å². The number of aliphatic hydroxyl groups is 3. The molecule has 3 saturated heterocycles. The molecule has 2 aromatic heterocycles. The Kier molecular flexibility index (Phi) is 36.1. The van der Waals surface area contributed by atoms with Gasteiger partial charge in [0, 0.05) is 66.7 Å². The standard InChI is InChI=1S/C78H117N19O18S/c1-41(2)31-54(68(105)86-52(22-14-27-82-78(79)80)66(103)92-58(77(114)115)33-43(5)6)88-64(101)44(7)85-71(108)59(38-98)94-74(111)63-24-16-29-97(63)76(113)61(40-100)95-70(107)56(34-45-36-83-49-19-11-9-17-47(45)49)90-73(110)62-23-15-28-96(62)75(112)57(35-46-37-84-50-20-12-10-18-48(46)50)91-72(109)60(39-99)93-67(104)53(25-30-116-8)87-69(106)55(32-42(3)4)89-65(102)51-21-13-26-81-51/h9-12,17-20,36-37,41-44,51-63,81,83-84,98-100H,13-16,21-35,38-40H2,1-8H3,(H,85,108)(H,86,105)(H,87,106)(H,88,101)(H,89,102)(H,90,110)(H,91,109)(H,92,103)(H,93,104)(H,94,111)(H,95,107)(H,114,115)(H4,79,80,82)/t44-,51-,52-,53-,54-,55-,56-,57-,58-,59-,60-,61-,62-,63-/m0/s1. The molecule has 5 heterocycles. The predicted molar refractivity (Wildman–Crippen MR) is 432 cm³/mol. The van der Waals surface area contributed by atoms with E-state index in [-0.39, 0.29) is 126 Å². The first-order chi connectivity index (χ1) is 55.2. The number of likely N-dealkylation sites (tertiary alicyclic amines) is 2. The number of amides is 13. The predicted octanol–water partition coefficient (Wildman–Crippen LogP) is -2.47. The fourth-order valence-electron chi connectivity index (χ4n) is 14.4. The van der Waals surface area contributed by atoms with E-state index < -0.39 is 181 Å². The number of carbonyl (C=O) groups is 14. The molecule has 3 aliphatic heterocycles. The van der Waals surface area contributed by atoms with Gasteiger partial charge >= 0.3 is 5.97 Å². The van der Waals surface area contributed by atoms with Crippen molar-refractivity contribution in [2.45, 2.75) is 223 Å². The van der Waals surface area contributed by atoms with Crippen LogP contribution in [-0.4, -0.2) is 272 Å². The minimum Gasteiger partial charge on any atom is -0.480 e. The molecule has 22 N–H and O–H groups in total. The van der Waals surface area contributed by atoms with Crippen molar-refractivity contribution in [1.82, 2.24) is 83.6 Å². The second kappa shape index (κ2) is 45.2. The Morgan fingerprint density at radius 3 is 1.38 bits per heavy atom. The maximum Gasteiger partial charge on any atom is 0.326 e. The van der Waals surface area contributed by atoms with Crippen LogP contribution in [0.3, 0.4) is 0 Å². The summed E-state index contributed by atoms with van der Waals surface area (Å²) in [6.45, 7) is 9.76. The number of hydrogen-bond donors (Lipinski definition) is 20. The number of carboxylic acids is 1. The molecule has 3 fully saturated rings. The van der Waals surface area contributed by atoms with Crippen molar-refractivity contribution in [3.63, 3.8) is 0 Å². The summed E-state index contributed by atoms with van der Waals surface area (Å²) < 4.78 is 0. The molecule has 0 radical (unpaired) electrons. The van der Waals surface area contributed by atoms with Gasteiger partial charge in [0.2, 0.25) is 76.8 Å². The number of hydrogen-bond acceptors (Lipinski definition) is 20. The molecule has 13 amide bonds. The van der Waals surface area contributed by atoms with E-state index in [0.717, 1.165) is 11.3 Å². The van der Waals surface area contributed by atoms with E-state index in [1.165, 1.54) is 23.6 Å². The molecule has 116 heavy (non-hydrogen) atoms. The lowest BCUT2D eigenvalue weighted by atomic mass is 10.0. The normalized spacial score (nSPS) is 18.2. The number of guanidine groups is 1. The highest BCUT2D eigenvalue weighted by atomic mass is 32.2. The van der Waals surface area contributed by atoms with Crippen LogP contribution in [0.25, 0.3) is 21.8 Å². The van der Waals surface area contributed by atoms with Crippen LogP contribution in [0, 0.1) is 17.8 Å². The van der Waals surface area contributed by atoms with Gasteiger partial charge in [-0.25, -0.2) is 4.79 Å². The number of H-pyrrole nitrogens is 2. The molecule has 0 saturated carbocycles. The van der Waals surface area contributed by atoms with Crippen molar-refractivity contribution < 1.29 is 87.5 Å². The molecule has 3 aliphatic rings. The zero-order chi connectivity index (χ0) is 85.0.